The minimum atomic E-state index is -0.889. The number of likely N-dealkylation sites (tertiary alicyclic amines) is 1. The van der Waals surface area contributed by atoms with Crippen molar-refractivity contribution < 1.29 is 14.7 Å². The summed E-state index contributed by atoms with van der Waals surface area (Å²) in [5.41, 5.74) is 8.23. The predicted molar refractivity (Wildman–Crippen MR) is 112 cm³/mol. The third-order valence-electron chi connectivity index (χ3n) is 5.47. The number of nitrogens with two attached hydrogens (primary N) is 1. The van der Waals surface area contributed by atoms with Crippen LogP contribution in [0.25, 0.3) is 11.0 Å². The van der Waals surface area contributed by atoms with Gasteiger partial charge in [0.25, 0.3) is 0 Å². The Morgan fingerprint density at radius 2 is 2.13 bits per heavy atom. The minimum Gasteiger partial charge on any atom is -0.465 e. The molecule has 4 N–H and O–H groups in total. The topological polar surface area (TPSA) is 131 Å². The third-order valence-corrected chi connectivity index (χ3v) is 5.47. The summed E-state index contributed by atoms with van der Waals surface area (Å²) in [5, 5.41) is 17.1. The molecule has 0 saturated carbocycles. The summed E-state index contributed by atoms with van der Waals surface area (Å²) in [6, 6.07) is 7.15. The molecule has 0 aliphatic carbocycles. The van der Waals surface area contributed by atoms with Gasteiger partial charge in [-0.3, -0.25) is 4.79 Å². The fourth-order valence-electron chi connectivity index (χ4n) is 3.98. The predicted octanol–water partition coefficient (Wildman–Crippen LogP) is 2.40. The molecule has 1 aromatic carbocycles. The molecule has 1 aliphatic heterocycles. The second kappa shape index (κ2) is 7.69. The van der Waals surface area contributed by atoms with Crippen molar-refractivity contribution >= 4 is 34.8 Å². The number of hydrogen-bond donors (Lipinski definition) is 3. The Balaban J connectivity index is 1.72. The van der Waals surface area contributed by atoms with Gasteiger partial charge >= 0.3 is 6.09 Å². The fourth-order valence-corrected chi connectivity index (χ4v) is 3.98. The molecular formula is C20H25N7O3. The number of carbonyl (C=O) groups is 2. The van der Waals surface area contributed by atoms with Crippen LogP contribution in [0.2, 0.25) is 0 Å². The molecule has 2 amide bonds. The van der Waals surface area contributed by atoms with Crippen LogP contribution < -0.4 is 11.1 Å². The van der Waals surface area contributed by atoms with E-state index in [2.05, 4.69) is 10.4 Å². The van der Waals surface area contributed by atoms with Gasteiger partial charge in [0.05, 0.1) is 16.7 Å². The Bertz CT molecular complexity index is 1120. The molecule has 0 bridgehead atoms. The molecule has 2 aromatic heterocycles. The van der Waals surface area contributed by atoms with E-state index >= 15 is 0 Å². The molecule has 1 fully saturated rings. The zero-order chi connectivity index (χ0) is 21.4. The van der Waals surface area contributed by atoms with E-state index in [-0.39, 0.29) is 5.92 Å². The first-order chi connectivity index (χ1) is 14.4. The molecule has 4 rings (SSSR count). The highest BCUT2D eigenvalue weighted by Crippen LogP contribution is 2.28. The molecule has 0 spiro atoms. The van der Waals surface area contributed by atoms with Crippen molar-refractivity contribution in [1.29, 1.82) is 0 Å². The first-order valence-electron chi connectivity index (χ1n) is 9.95. The number of imidazole rings is 1. The van der Waals surface area contributed by atoms with Crippen molar-refractivity contribution in [3.63, 3.8) is 0 Å². The van der Waals surface area contributed by atoms with Crippen molar-refractivity contribution in [3.05, 3.63) is 35.5 Å². The monoisotopic (exact) mass is 411 g/mol. The van der Waals surface area contributed by atoms with Crippen LogP contribution in [-0.2, 0) is 13.1 Å². The van der Waals surface area contributed by atoms with Crippen LogP contribution in [0.1, 0.15) is 29.4 Å². The summed E-state index contributed by atoms with van der Waals surface area (Å²) in [7, 11) is 0. The number of fused-ring (bicyclic) bond motifs is 1. The normalized spacial score (nSPS) is 16.3. The quantitative estimate of drug-likeness (QED) is 0.571. The van der Waals surface area contributed by atoms with Gasteiger partial charge in [0.1, 0.15) is 5.82 Å². The highest BCUT2D eigenvalue weighted by atomic mass is 16.4. The molecule has 10 heteroatoms. The average molecular weight is 411 g/mol. The van der Waals surface area contributed by atoms with E-state index < -0.39 is 12.0 Å². The third kappa shape index (κ3) is 3.68. The fraction of sp³-hybridized carbons (Fsp3) is 0.400. The number of aryl methyl sites for hydroxylation is 2. The lowest BCUT2D eigenvalue weighted by Crippen LogP contribution is -2.27. The number of nitrogens with zero attached hydrogens (tertiary/aromatic N) is 5. The number of primary amides is 1. The lowest BCUT2D eigenvalue weighted by atomic mass is 10.1. The van der Waals surface area contributed by atoms with E-state index in [0.717, 1.165) is 23.4 Å². The van der Waals surface area contributed by atoms with Gasteiger partial charge in [-0.05, 0) is 44.4 Å². The van der Waals surface area contributed by atoms with Gasteiger partial charge in [0.15, 0.2) is 0 Å². The summed E-state index contributed by atoms with van der Waals surface area (Å²) < 4.78 is 3.90. The van der Waals surface area contributed by atoms with Gasteiger partial charge < -0.3 is 25.6 Å². The Kier molecular flexibility index (Phi) is 5.06. The van der Waals surface area contributed by atoms with E-state index in [9.17, 15) is 14.7 Å². The van der Waals surface area contributed by atoms with Gasteiger partial charge in [-0.15, -0.1) is 0 Å². The van der Waals surface area contributed by atoms with Gasteiger partial charge in [0.2, 0.25) is 11.9 Å². The van der Waals surface area contributed by atoms with Gasteiger partial charge in [0, 0.05) is 37.8 Å². The Labute approximate surface area is 173 Å². The minimum absolute atomic E-state index is 0.174. The van der Waals surface area contributed by atoms with Crippen molar-refractivity contribution in [2.24, 2.45) is 11.7 Å². The van der Waals surface area contributed by atoms with E-state index in [1.54, 1.807) is 12.1 Å². The smallest absolute Gasteiger partial charge is 0.407 e. The number of hydrogen-bond acceptors (Lipinski definition) is 5. The van der Waals surface area contributed by atoms with E-state index in [4.69, 9.17) is 10.7 Å². The summed E-state index contributed by atoms with van der Waals surface area (Å²) in [6.45, 7) is 6.27. The number of nitrogens with one attached hydrogen (secondary N) is 1. The van der Waals surface area contributed by atoms with Gasteiger partial charge in [-0.25, -0.2) is 14.5 Å². The average Bonchev–Trinajstić information content (AvgIpc) is 3.40. The maximum atomic E-state index is 11.6. The summed E-state index contributed by atoms with van der Waals surface area (Å²) in [6.07, 6.45) is -0.101. The standard InChI is InChI=1S/C20H25N7O3/c1-3-27-17(8-12(2)24-27)23-19-22-15-9-14(18(21)28)4-5-16(15)26(19)11-13-6-7-25(10-13)20(29)30/h4-5,8-9,13H,3,6-7,10-11H2,1-2H3,(H2,21,28)(H,22,23)(H,29,30)/t13-/m1/s1. The number of benzene rings is 1. The maximum Gasteiger partial charge on any atom is 0.407 e. The maximum absolute atomic E-state index is 11.6. The van der Waals surface area contributed by atoms with Crippen LogP contribution in [0.4, 0.5) is 16.6 Å². The molecule has 1 aliphatic rings. The SMILES string of the molecule is CCn1nc(C)cc1Nc1nc2cc(C(N)=O)ccc2n1C[C@@H]1CCN(C(=O)O)C1. The zero-order valence-corrected chi connectivity index (χ0v) is 17.0. The largest absolute Gasteiger partial charge is 0.465 e. The number of aromatic nitrogens is 4. The van der Waals surface area contributed by atoms with Crippen LogP contribution in [0.5, 0.6) is 0 Å². The van der Waals surface area contributed by atoms with Crippen LogP contribution in [0.3, 0.4) is 0 Å². The van der Waals surface area contributed by atoms with Gasteiger partial charge in [-0.2, -0.15) is 5.10 Å². The second-order valence-corrected chi connectivity index (χ2v) is 7.61. The molecule has 10 nitrogen and oxygen atoms in total. The lowest BCUT2D eigenvalue weighted by molar-refractivity contribution is 0.1000. The highest BCUT2D eigenvalue weighted by Gasteiger charge is 2.27. The number of anilines is 2. The molecule has 0 radical (unpaired) electrons. The summed E-state index contributed by atoms with van der Waals surface area (Å²) >= 11 is 0. The second-order valence-electron chi connectivity index (χ2n) is 7.61. The zero-order valence-electron chi connectivity index (χ0n) is 17.0. The number of rotatable bonds is 6. The Morgan fingerprint density at radius 1 is 1.33 bits per heavy atom. The first kappa shape index (κ1) is 19.7. The number of carbonyl (C=O) groups excluding carboxylic acids is 1. The molecule has 3 heterocycles. The Morgan fingerprint density at radius 3 is 2.80 bits per heavy atom. The van der Waals surface area contributed by atoms with Crippen LogP contribution in [0.15, 0.2) is 24.3 Å². The van der Waals surface area contributed by atoms with Crippen LogP contribution in [-0.4, -0.2) is 54.4 Å². The van der Waals surface area contributed by atoms with Crippen molar-refractivity contribution in [1.82, 2.24) is 24.2 Å². The van der Waals surface area contributed by atoms with Crippen molar-refractivity contribution in [3.8, 4) is 0 Å². The molecule has 158 valence electrons. The van der Waals surface area contributed by atoms with E-state index in [1.807, 2.05) is 35.2 Å². The van der Waals surface area contributed by atoms with Crippen LogP contribution >= 0.6 is 0 Å². The number of carboxylic acid groups (broad SMARTS) is 1. The molecular weight excluding hydrogens is 386 g/mol. The van der Waals surface area contributed by atoms with E-state index in [1.165, 1.54) is 4.90 Å². The number of amides is 2. The highest BCUT2D eigenvalue weighted by molar-refractivity contribution is 5.96. The molecule has 1 saturated heterocycles. The van der Waals surface area contributed by atoms with Crippen molar-refractivity contribution in [2.45, 2.75) is 33.4 Å². The molecule has 30 heavy (non-hydrogen) atoms. The molecule has 1 atom stereocenters. The van der Waals surface area contributed by atoms with Crippen molar-refractivity contribution in [2.75, 3.05) is 18.4 Å². The molecule has 0 unspecified atom stereocenters. The first-order valence-corrected chi connectivity index (χ1v) is 9.95. The lowest BCUT2D eigenvalue weighted by Gasteiger charge is -2.16. The van der Waals surface area contributed by atoms with Gasteiger partial charge in [-0.1, -0.05) is 0 Å². The summed E-state index contributed by atoms with van der Waals surface area (Å²) in [5.74, 6) is 1.11. The van der Waals surface area contributed by atoms with E-state index in [0.29, 0.717) is 43.2 Å². The molecule has 3 aromatic rings. The van der Waals surface area contributed by atoms with Crippen LogP contribution in [0, 0.1) is 12.8 Å². The summed E-state index contributed by atoms with van der Waals surface area (Å²) in [4.78, 5) is 29.0. The Hall–Kier alpha value is -3.56.